The van der Waals surface area contributed by atoms with Gasteiger partial charge < -0.3 is 5.32 Å². The van der Waals surface area contributed by atoms with Gasteiger partial charge in [-0.15, -0.1) is 0 Å². The molecule has 1 atom stereocenters. The number of hydrogen-bond donors (Lipinski definition) is 1. The first-order valence-corrected chi connectivity index (χ1v) is 5.34. The van der Waals surface area contributed by atoms with Crippen LogP contribution in [0.3, 0.4) is 0 Å². The molecule has 2 heteroatoms. The molecule has 0 aromatic heterocycles. The molecule has 0 fully saturated rings. The lowest BCUT2D eigenvalue weighted by molar-refractivity contribution is -0.117. The lowest BCUT2D eigenvalue weighted by Gasteiger charge is -2.08. The number of hydrogen-bond acceptors (Lipinski definition) is 1. The fourth-order valence-electron chi connectivity index (χ4n) is 2.55. The van der Waals surface area contributed by atoms with Gasteiger partial charge in [-0.2, -0.15) is 0 Å². The predicted molar refractivity (Wildman–Crippen MR) is 59.9 cm³/mol. The maximum Gasteiger partial charge on any atom is 0.232 e. The summed E-state index contributed by atoms with van der Waals surface area (Å²) in [5.74, 6) is 0.210. The summed E-state index contributed by atoms with van der Waals surface area (Å²) in [5, 5.41) is 2.96. The second-order valence-corrected chi connectivity index (χ2v) is 4.38. The van der Waals surface area contributed by atoms with Crippen molar-refractivity contribution < 1.29 is 4.79 Å². The molecule has 1 amide bonds. The maximum absolute atomic E-state index is 11.8. The fraction of sp³-hybridized carbons (Fsp3) is 0.308. The largest absolute Gasteiger partial charge is 0.325 e. The molecular weight excluding hydrogens is 186 g/mol. The van der Waals surface area contributed by atoms with E-state index in [0.717, 1.165) is 18.5 Å². The van der Waals surface area contributed by atoms with E-state index in [1.165, 1.54) is 16.7 Å². The van der Waals surface area contributed by atoms with Crippen LogP contribution in [-0.4, -0.2) is 5.91 Å². The SMILES string of the molecule is CC1=CCc2cccc3c2C(C1)C(=O)N3. The highest BCUT2D eigenvalue weighted by Gasteiger charge is 2.33. The van der Waals surface area contributed by atoms with Gasteiger partial charge in [0.1, 0.15) is 0 Å². The summed E-state index contributed by atoms with van der Waals surface area (Å²) in [5.41, 5.74) is 4.87. The Labute approximate surface area is 89.0 Å². The third-order valence-corrected chi connectivity index (χ3v) is 3.32. The second kappa shape index (κ2) is 2.96. The van der Waals surface area contributed by atoms with Crippen molar-refractivity contribution in [2.45, 2.75) is 25.7 Å². The molecule has 1 heterocycles. The minimum Gasteiger partial charge on any atom is -0.325 e. The summed E-state index contributed by atoms with van der Waals surface area (Å²) in [6.07, 6.45) is 4.07. The molecule has 0 saturated carbocycles. The molecule has 1 aliphatic heterocycles. The van der Waals surface area contributed by atoms with E-state index in [2.05, 4.69) is 24.4 Å². The summed E-state index contributed by atoms with van der Waals surface area (Å²) in [6, 6.07) is 6.14. The third-order valence-electron chi connectivity index (χ3n) is 3.32. The van der Waals surface area contributed by atoms with Crippen LogP contribution in [0.25, 0.3) is 0 Å². The van der Waals surface area contributed by atoms with Crippen molar-refractivity contribution in [2.75, 3.05) is 5.32 Å². The van der Waals surface area contributed by atoms with Crippen LogP contribution in [0, 0.1) is 0 Å². The van der Waals surface area contributed by atoms with Gasteiger partial charge in [0.05, 0.1) is 5.92 Å². The van der Waals surface area contributed by atoms with Crippen LogP contribution in [0.2, 0.25) is 0 Å². The molecule has 0 spiro atoms. The third kappa shape index (κ3) is 1.21. The number of rotatable bonds is 0. The quantitative estimate of drug-likeness (QED) is 0.639. The van der Waals surface area contributed by atoms with Crippen molar-refractivity contribution >= 4 is 11.6 Å². The molecule has 2 nitrogen and oxygen atoms in total. The van der Waals surface area contributed by atoms with Crippen LogP contribution < -0.4 is 5.32 Å². The van der Waals surface area contributed by atoms with Crippen molar-refractivity contribution in [3.63, 3.8) is 0 Å². The first-order valence-electron chi connectivity index (χ1n) is 5.34. The van der Waals surface area contributed by atoms with Gasteiger partial charge in [0.25, 0.3) is 0 Å². The number of carbonyl (C=O) groups is 1. The van der Waals surface area contributed by atoms with E-state index in [1.54, 1.807) is 0 Å². The number of amides is 1. The first kappa shape index (κ1) is 8.72. The minimum absolute atomic E-state index is 0.0509. The smallest absolute Gasteiger partial charge is 0.232 e. The molecule has 1 aliphatic carbocycles. The average molecular weight is 199 g/mol. The van der Waals surface area contributed by atoms with Crippen molar-refractivity contribution in [1.29, 1.82) is 0 Å². The number of benzene rings is 1. The van der Waals surface area contributed by atoms with E-state index >= 15 is 0 Å². The average Bonchev–Trinajstić information content (AvgIpc) is 2.44. The van der Waals surface area contributed by atoms with E-state index in [0.29, 0.717) is 0 Å². The Morgan fingerprint density at radius 1 is 1.40 bits per heavy atom. The zero-order valence-electron chi connectivity index (χ0n) is 8.71. The monoisotopic (exact) mass is 199 g/mol. The Kier molecular flexibility index (Phi) is 1.72. The molecule has 0 radical (unpaired) electrons. The Bertz CT molecular complexity index is 473. The normalized spacial score (nSPS) is 22.9. The van der Waals surface area contributed by atoms with Crippen molar-refractivity contribution in [3.8, 4) is 0 Å². The molecule has 76 valence electrons. The predicted octanol–water partition coefficient (Wildman–Crippen LogP) is 2.61. The Hall–Kier alpha value is -1.57. The highest BCUT2D eigenvalue weighted by atomic mass is 16.2. The van der Waals surface area contributed by atoms with Crippen molar-refractivity contribution in [3.05, 3.63) is 41.0 Å². The molecule has 2 aliphatic rings. The van der Waals surface area contributed by atoms with E-state index < -0.39 is 0 Å². The van der Waals surface area contributed by atoms with Gasteiger partial charge in [-0.3, -0.25) is 4.79 Å². The first-order chi connectivity index (χ1) is 7.25. The summed E-state index contributed by atoms with van der Waals surface area (Å²) in [7, 11) is 0. The van der Waals surface area contributed by atoms with E-state index in [1.807, 2.05) is 12.1 Å². The summed E-state index contributed by atoms with van der Waals surface area (Å²) in [6.45, 7) is 2.11. The molecule has 0 bridgehead atoms. The standard InChI is InChI=1S/C13H13NO/c1-8-5-6-9-3-2-4-11-12(9)10(7-8)13(15)14-11/h2-5,10H,6-7H2,1H3,(H,14,15). The van der Waals surface area contributed by atoms with E-state index in [9.17, 15) is 4.79 Å². The highest BCUT2D eigenvalue weighted by Crippen LogP contribution is 2.40. The molecule has 1 aromatic rings. The molecule has 15 heavy (non-hydrogen) atoms. The van der Waals surface area contributed by atoms with Gasteiger partial charge in [-0.1, -0.05) is 23.8 Å². The van der Waals surface area contributed by atoms with Gasteiger partial charge >= 0.3 is 0 Å². The Balaban J connectivity index is 2.21. The van der Waals surface area contributed by atoms with E-state index in [4.69, 9.17) is 0 Å². The van der Waals surface area contributed by atoms with E-state index in [-0.39, 0.29) is 11.8 Å². The lowest BCUT2D eigenvalue weighted by atomic mass is 9.92. The van der Waals surface area contributed by atoms with Crippen LogP contribution in [0.5, 0.6) is 0 Å². The summed E-state index contributed by atoms with van der Waals surface area (Å²) < 4.78 is 0. The van der Waals surface area contributed by atoms with Crippen LogP contribution in [-0.2, 0) is 11.2 Å². The highest BCUT2D eigenvalue weighted by molar-refractivity contribution is 6.03. The summed E-state index contributed by atoms with van der Waals surface area (Å²) in [4.78, 5) is 11.8. The van der Waals surface area contributed by atoms with Crippen LogP contribution in [0.4, 0.5) is 5.69 Å². The van der Waals surface area contributed by atoms with Gasteiger partial charge in [0, 0.05) is 5.69 Å². The van der Waals surface area contributed by atoms with Gasteiger partial charge in [0.2, 0.25) is 5.91 Å². The summed E-state index contributed by atoms with van der Waals surface area (Å²) >= 11 is 0. The molecule has 0 saturated heterocycles. The van der Waals surface area contributed by atoms with Gasteiger partial charge in [0.15, 0.2) is 0 Å². The molecule has 1 unspecified atom stereocenters. The Morgan fingerprint density at radius 3 is 3.13 bits per heavy atom. The van der Waals surface area contributed by atoms with Gasteiger partial charge in [-0.25, -0.2) is 0 Å². The van der Waals surface area contributed by atoms with Crippen molar-refractivity contribution in [2.24, 2.45) is 0 Å². The lowest BCUT2D eigenvalue weighted by Crippen LogP contribution is -2.12. The molecular formula is C13H13NO. The molecule has 1 aromatic carbocycles. The number of nitrogens with one attached hydrogen (secondary N) is 1. The molecule has 1 N–H and O–H groups in total. The van der Waals surface area contributed by atoms with Gasteiger partial charge in [-0.05, 0) is 37.0 Å². The fourth-order valence-corrected chi connectivity index (χ4v) is 2.55. The molecule has 3 rings (SSSR count). The van der Waals surface area contributed by atoms with Crippen LogP contribution >= 0.6 is 0 Å². The number of allylic oxidation sites excluding steroid dienone is 2. The zero-order chi connectivity index (χ0) is 10.4. The minimum atomic E-state index is 0.0509. The number of anilines is 1. The van der Waals surface area contributed by atoms with Crippen LogP contribution in [0.15, 0.2) is 29.8 Å². The maximum atomic E-state index is 11.8. The topological polar surface area (TPSA) is 29.1 Å². The van der Waals surface area contributed by atoms with Crippen molar-refractivity contribution in [1.82, 2.24) is 0 Å². The zero-order valence-corrected chi connectivity index (χ0v) is 8.71. The second-order valence-electron chi connectivity index (χ2n) is 4.38. The van der Waals surface area contributed by atoms with Crippen LogP contribution in [0.1, 0.15) is 30.4 Å². The number of carbonyl (C=O) groups excluding carboxylic acids is 1. The Morgan fingerprint density at radius 2 is 2.27 bits per heavy atom.